The fourth-order valence-electron chi connectivity index (χ4n) is 5.89. The van der Waals surface area contributed by atoms with Gasteiger partial charge < -0.3 is 16.2 Å². The summed E-state index contributed by atoms with van der Waals surface area (Å²) in [6.45, 7) is 4.23. The van der Waals surface area contributed by atoms with Crippen molar-refractivity contribution in [3.8, 4) is 50.9 Å². The zero-order valence-electron chi connectivity index (χ0n) is 29.1. The maximum Gasteiger partial charge on any atom is 0.267 e. The average molecular weight is 703 g/mol. The second-order valence-corrected chi connectivity index (χ2v) is 12.3. The predicted molar refractivity (Wildman–Crippen MR) is 201 cm³/mol. The highest BCUT2D eigenvalue weighted by Crippen LogP contribution is 2.32. The Bertz CT molecular complexity index is 2630. The van der Waals surface area contributed by atoms with Crippen LogP contribution in [0, 0.1) is 0 Å². The number of hydrogen-bond donors (Lipinski definition) is 2. The maximum atomic E-state index is 11.7. The lowest BCUT2D eigenvalue weighted by atomic mass is 10.0. The van der Waals surface area contributed by atoms with E-state index in [1.165, 1.54) is 12.4 Å². The molecule has 2 amide bonds. The first-order valence-corrected chi connectivity index (χ1v) is 16.6. The molecule has 262 valence electrons. The van der Waals surface area contributed by atoms with Gasteiger partial charge in [0.2, 0.25) is 5.88 Å². The lowest BCUT2D eigenvalue weighted by molar-refractivity contribution is 0.0986. The number of amides is 2. The van der Waals surface area contributed by atoms with Crippen molar-refractivity contribution in [2.75, 3.05) is 7.11 Å². The van der Waals surface area contributed by atoms with E-state index >= 15 is 0 Å². The Hall–Kier alpha value is -7.28. The van der Waals surface area contributed by atoms with Crippen LogP contribution in [0.3, 0.4) is 0 Å². The molecule has 13 nitrogen and oxygen atoms in total. The molecule has 0 fully saturated rings. The van der Waals surface area contributed by atoms with Gasteiger partial charge in [0.1, 0.15) is 22.7 Å². The number of methoxy groups -OCH3 is 1. The number of nitrogens with zero attached hydrogens (tertiary/aromatic N) is 8. The monoisotopic (exact) mass is 702 g/mol. The zero-order valence-corrected chi connectivity index (χ0v) is 29.1. The molecule has 13 heteroatoms. The minimum atomic E-state index is -0.532. The summed E-state index contributed by atoms with van der Waals surface area (Å²) in [5, 5.41) is 0. The van der Waals surface area contributed by atoms with Crippen LogP contribution in [0.2, 0.25) is 0 Å². The fourth-order valence-corrected chi connectivity index (χ4v) is 5.89. The summed E-state index contributed by atoms with van der Waals surface area (Å²) in [7, 11) is 1.57. The number of aromatic nitrogens is 8. The molecule has 0 saturated heterocycles. The fraction of sp³-hybridized carbons (Fsp3) is 0.100. The van der Waals surface area contributed by atoms with Gasteiger partial charge >= 0.3 is 0 Å². The van der Waals surface area contributed by atoms with Crippen LogP contribution in [-0.2, 0) is 0 Å². The molecule has 0 aliphatic carbocycles. The predicted octanol–water partition coefficient (Wildman–Crippen LogP) is 6.25. The molecule has 0 spiro atoms. The Morgan fingerprint density at radius 2 is 1.13 bits per heavy atom. The van der Waals surface area contributed by atoms with E-state index in [0.717, 1.165) is 39.3 Å². The van der Waals surface area contributed by atoms with Crippen molar-refractivity contribution < 1.29 is 14.3 Å². The molecule has 0 saturated carbocycles. The van der Waals surface area contributed by atoms with Gasteiger partial charge in [0.25, 0.3) is 11.8 Å². The van der Waals surface area contributed by atoms with Crippen LogP contribution in [-0.4, -0.2) is 57.6 Å². The first-order chi connectivity index (χ1) is 25.7. The van der Waals surface area contributed by atoms with Gasteiger partial charge in [-0.15, -0.1) is 0 Å². The standard InChI is InChI=1S/C21H19N5O.C19H15N5O2/c1-13(2)16-6-3-7-17(25-16)20-15(5-4-10-23-20)14-8-9-19-24-11-18(21(22)27)26(19)12-14;1-26-17-6-2-5-14(23-17)18-13(4-3-9-21-18)12-7-8-16-22-10-15(19(20)25)24(16)11-12/h3-13H,1-2H3,(H2,22,27);2-11H,1H3,(H2,20,25). The Morgan fingerprint density at radius 1 is 0.623 bits per heavy atom. The van der Waals surface area contributed by atoms with E-state index in [2.05, 4.69) is 38.8 Å². The molecule has 0 bridgehead atoms. The van der Waals surface area contributed by atoms with Gasteiger partial charge in [-0.2, -0.15) is 0 Å². The van der Waals surface area contributed by atoms with Gasteiger partial charge in [-0.05, 0) is 60.5 Å². The lowest BCUT2D eigenvalue weighted by Crippen LogP contribution is -2.13. The van der Waals surface area contributed by atoms with Crippen molar-refractivity contribution in [3.05, 3.63) is 139 Å². The van der Waals surface area contributed by atoms with Crippen molar-refractivity contribution in [2.24, 2.45) is 11.5 Å². The molecule has 8 aromatic heterocycles. The quantitative estimate of drug-likeness (QED) is 0.185. The van der Waals surface area contributed by atoms with Crippen molar-refractivity contribution in [1.29, 1.82) is 0 Å². The highest BCUT2D eigenvalue weighted by atomic mass is 16.5. The Morgan fingerprint density at radius 3 is 1.62 bits per heavy atom. The van der Waals surface area contributed by atoms with Gasteiger partial charge in [0, 0.05) is 58.8 Å². The lowest BCUT2D eigenvalue weighted by Gasteiger charge is -2.11. The Labute approximate surface area is 304 Å². The number of ether oxygens (including phenoxy) is 1. The average Bonchev–Trinajstić information content (AvgIpc) is 3.83. The second-order valence-electron chi connectivity index (χ2n) is 12.3. The number of hydrogen-bond acceptors (Lipinski definition) is 9. The van der Waals surface area contributed by atoms with Gasteiger partial charge in [-0.25, -0.2) is 15.0 Å². The number of rotatable bonds is 8. The van der Waals surface area contributed by atoms with Crippen molar-refractivity contribution >= 4 is 23.1 Å². The number of fused-ring (bicyclic) bond motifs is 2. The van der Waals surface area contributed by atoms with Crippen LogP contribution < -0.4 is 16.2 Å². The van der Waals surface area contributed by atoms with E-state index < -0.39 is 11.8 Å². The summed E-state index contributed by atoms with van der Waals surface area (Å²) in [5.74, 6) is -0.203. The van der Waals surface area contributed by atoms with Gasteiger partial charge in [-0.1, -0.05) is 38.1 Å². The van der Waals surface area contributed by atoms with Crippen LogP contribution in [0.4, 0.5) is 0 Å². The van der Waals surface area contributed by atoms with E-state index in [0.29, 0.717) is 45.9 Å². The number of primary amides is 2. The minimum absolute atomic E-state index is 0.326. The molecule has 8 heterocycles. The zero-order chi connectivity index (χ0) is 37.1. The van der Waals surface area contributed by atoms with Gasteiger partial charge in [0.15, 0.2) is 0 Å². The summed E-state index contributed by atoms with van der Waals surface area (Å²) >= 11 is 0. The molecule has 0 aliphatic rings. The summed E-state index contributed by atoms with van der Waals surface area (Å²) in [5.41, 5.74) is 20.5. The summed E-state index contributed by atoms with van der Waals surface area (Å²) in [4.78, 5) is 50.0. The molecule has 0 atom stereocenters. The summed E-state index contributed by atoms with van der Waals surface area (Å²) < 4.78 is 8.58. The number of imidazole rings is 2. The normalized spacial score (nSPS) is 11.0. The van der Waals surface area contributed by atoms with E-state index in [4.69, 9.17) is 21.2 Å². The van der Waals surface area contributed by atoms with Crippen molar-refractivity contribution in [1.82, 2.24) is 38.7 Å². The van der Waals surface area contributed by atoms with Gasteiger partial charge in [-0.3, -0.25) is 33.3 Å². The van der Waals surface area contributed by atoms with E-state index in [-0.39, 0.29) is 0 Å². The van der Waals surface area contributed by atoms with Crippen LogP contribution in [0.25, 0.3) is 56.3 Å². The second kappa shape index (κ2) is 14.5. The van der Waals surface area contributed by atoms with E-state index in [1.54, 1.807) is 34.4 Å². The summed E-state index contributed by atoms with van der Waals surface area (Å²) in [6, 6.07) is 26.8. The molecule has 8 rings (SSSR count). The molecular formula is C40H34N10O3. The molecule has 0 radical (unpaired) electrons. The van der Waals surface area contributed by atoms with E-state index in [9.17, 15) is 9.59 Å². The van der Waals surface area contributed by atoms with Gasteiger partial charge in [0.05, 0.1) is 42.3 Å². The highest BCUT2D eigenvalue weighted by Gasteiger charge is 2.16. The Balaban J connectivity index is 0.000000164. The van der Waals surface area contributed by atoms with Crippen LogP contribution >= 0.6 is 0 Å². The number of carbonyl (C=O) groups is 2. The summed E-state index contributed by atoms with van der Waals surface area (Å²) in [6.07, 6.45) is 10.1. The maximum absolute atomic E-state index is 11.7. The molecule has 0 aromatic carbocycles. The van der Waals surface area contributed by atoms with E-state index in [1.807, 2.05) is 91.3 Å². The smallest absolute Gasteiger partial charge is 0.267 e. The number of carbonyl (C=O) groups excluding carboxylic acids is 2. The first-order valence-electron chi connectivity index (χ1n) is 16.6. The SMILES string of the molecule is CC(C)c1cccc(-c2ncccc2-c2ccc3ncc(C(N)=O)n3c2)n1.COc1cccc(-c2ncccc2-c2ccc3ncc(C(N)=O)n3c2)n1. The van der Waals surface area contributed by atoms with Crippen LogP contribution in [0.1, 0.15) is 46.4 Å². The molecule has 0 unspecified atom stereocenters. The number of pyridine rings is 6. The Kier molecular flexibility index (Phi) is 9.37. The van der Waals surface area contributed by atoms with Crippen LogP contribution in [0.5, 0.6) is 5.88 Å². The molecule has 0 aliphatic heterocycles. The molecular weight excluding hydrogens is 669 g/mol. The molecule has 4 N–H and O–H groups in total. The third kappa shape index (κ3) is 6.90. The number of nitrogens with two attached hydrogens (primary N) is 2. The highest BCUT2D eigenvalue weighted by molar-refractivity contribution is 5.93. The molecule has 8 aromatic rings. The largest absolute Gasteiger partial charge is 0.481 e. The van der Waals surface area contributed by atoms with Crippen molar-refractivity contribution in [2.45, 2.75) is 19.8 Å². The van der Waals surface area contributed by atoms with Crippen molar-refractivity contribution in [3.63, 3.8) is 0 Å². The minimum Gasteiger partial charge on any atom is -0.481 e. The third-order valence-electron chi connectivity index (χ3n) is 8.53. The third-order valence-corrected chi connectivity index (χ3v) is 8.53. The van der Waals surface area contributed by atoms with Crippen LogP contribution in [0.15, 0.2) is 122 Å². The topological polar surface area (TPSA) is 182 Å². The molecule has 53 heavy (non-hydrogen) atoms. The first kappa shape index (κ1) is 34.2.